The molecule has 0 saturated heterocycles. The van der Waals surface area contributed by atoms with E-state index in [1.165, 1.54) is 0 Å². The number of aliphatic carboxylic acids is 2. The summed E-state index contributed by atoms with van der Waals surface area (Å²) in [5, 5.41) is 38.9. The zero-order valence-corrected chi connectivity index (χ0v) is 18.9. The highest BCUT2D eigenvalue weighted by atomic mass is 16.4. The monoisotopic (exact) mass is 434 g/mol. The molecule has 0 rings (SSSR count). The van der Waals surface area contributed by atoms with Gasteiger partial charge in [0.2, 0.25) is 0 Å². The minimum absolute atomic E-state index is 0.0889. The fourth-order valence-electron chi connectivity index (χ4n) is 3.28. The van der Waals surface area contributed by atoms with Gasteiger partial charge in [-0.15, -0.1) is 0 Å². The van der Waals surface area contributed by atoms with Crippen LogP contribution in [-0.4, -0.2) is 120 Å². The first-order valence-electron chi connectivity index (χ1n) is 9.94. The molecular weight excluding hydrogens is 396 g/mol. The maximum Gasteiger partial charge on any atom is 0.316 e. The van der Waals surface area contributed by atoms with Crippen LogP contribution in [-0.2, 0) is 19.2 Å². The van der Waals surface area contributed by atoms with Crippen molar-refractivity contribution < 1.29 is 48.6 Å². The summed E-state index contributed by atoms with van der Waals surface area (Å²) in [6.45, 7) is 0.178. The lowest BCUT2D eigenvalue weighted by molar-refractivity contribution is -0.873. The molecule has 30 heavy (non-hydrogen) atoms. The third-order valence-corrected chi connectivity index (χ3v) is 4.56. The molecule has 4 N–H and O–H groups in total. The van der Waals surface area contributed by atoms with Crippen LogP contribution >= 0.6 is 0 Å². The molecule has 0 aromatic heterocycles. The van der Waals surface area contributed by atoms with Crippen molar-refractivity contribution in [1.29, 1.82) is 0 Å². The van der Waals surface area contributed by atoms with E-state index in [9.17, 15) is 39.6 Å². The third-order valence-electron chi connectivity index (χ3n) is 4.56. The number of carboxylic acid groups (broad SMARTS) is 2. The van der Waals surface area contributed by atoms with Gasteiger partial charge >= 0.3 is 11.9 Å². The topological polar surface area (TPSA) is 149 Å². The first kappa shape index (κ1) is 28.1. The normalized spacial score (nSPS) is 16.4. The predicted molar refractivity (Wildman–Crippen MR) is 109 cm³/mol. The van der Waals surface area contributed by atoms with Crippen LogP contribution in [0.25, 0.3) is 0 Å². The number of ketones is 2. The Balaban J connectivity index is 4.78. The van der Waals surface area contributed by atoms with Crippen molar-refractivity contribution >= 4 is 23.5 Å². The smallest absolute Gasteiger partial charge is 0.316 e. The number of nitrogens with zero attached hydrogens (tertiary/aromatic N) is 2. The highest BCUT2D eigenvalue weighted by Gasteiger charge is 2.37. The Bertz CT molecular complexity index is 567. The highest BCUT2D eigenvalue weighted by molar-refractivity contribution is 5.99. The molecule has 0 saturated carbocycles. The number of hydrogen-bond acceptors (Lipinski definition) is 6. The molecule has 0 aliphatic carbocycles. The van der Waals surface area contributed by atoms with E-state index in [0.29, 0.717) is 8.97 Å². The molecule has 0 spiro atoms. The number of likely N-dealkylation sites (N-methyl/N-ethyl adjacent to an activating group) is 2. The molecule has 0 amide bonds. The lowest BCUT2D eigenvalue weighted by atomic mass is 9.91. The Morgan fingerprint density at radius 3 is 1.10 bits per heavy atom. The lowest BCUT2D eigenvalue weighted by Gasteiger charge is -2.29. The quantitative estimate of drug-likeness (QED) is 0.149. The van der Waals surface area contributed by atoms with Gasteiger partial charge < -0.3 is 29.4 Å². The van der Waals surface area contributed by atoms with Gasteiger partial charge in [0.15, 0.2) is 0 Å². The number of aliphatic hydroxyl groups is 2. The third kappa shape index (κ3) is 10.8. The zero-order valence-electron chi connectivity index (χ0n) is 18.9. The van der Waals surface area contributed by atoms with Crippen LogP contribution in [0.3, 0.4) is 0 Å². The SMILES string of the molecule is C[N+](C)(C)CC(O)C(C(=O)O)C(=O)CCCCC(=O)C(C(=O)O)C(O)C[N+](C)(C)C. The molecule has 10 nitrogen and oxygen atoms in total. The van der Waals surface area contributed by atoms with Gasteiger partial charge in [-0.3, -0.25) is 19.2 Å². The minimum atomic E-state index is -1.55. The van der Waals surface area contributed by atoms with Crippen molar-refractivity contribution in [1.82, 2.24) is 0 Å². The van der Waals surface area contributed by atoms with Gasteiger partial charge in [-0.25, -0.2) is 0 Å². The number of hydrogen-bond donors (Lipinski definition) is 4. The van der Waals surface area contributed by atoms with E-state index < -0.39 is 47.5 Å². The molecule has 0 bridgehead atoms. The average molecular weight is 435 g/mol. The van der Waals surface area contributed by atoms with Gasteiger partial charge in [-0.05, 0) is 12.8 Å². The summed E-state index contributed by atoms with van der Waals surface area (Å²) in [4.78, 5) is 47.4. The van der Waals surface area contributed by atoms with Crippen molar-refractivity contribution in [3.8, 4) is 0 Å². The summed E-state index contributed by atoms with van der Waals surface area (Å²) >= 11 is 0. The molecule has 10 heteroatoms. The molecule has 174 valence electrons. The van der Waals surface area contributed by atoms with Gasteiger partial charge in [-0.1, -0.05) is 0 Å². The van der Waals surface area contributed by atoms with E-state index in [4.69, 9.17) is 0 Å². The van der Waals surface area contributed by atoms with Crippen LogP contribution < -0.4 is 0 Å². The summed E-state index contributed by atoms with van der Waals surface area (Å²) in [6.07, 6.45) is -2.58. The van der Waals surface area contributed by atoms with Crippen LogP contribution in [0.5, 0.6) is 0 Å². The summed E-state index contributed by atoms with van der Waals surface area (Å²) in [7, 11) is 10.6. The minimum Gasteiger partial charge on any atom is -0.481 e. The predicted octanol–water partition coefficient (Wildman–Crippen LogP) is -0.779. The van der Waals surface area contributed by atoms with E-state index >= 15 is 0 Å². The number of unbranched alkanes of at least 4 members (excludes halogenated alkanes) is 1. The Morgan fingerprint density at radius 1 is 0.633 bits per heavy atom. The van der Waals surface area contributed by atoms with Crippen LogP contribution in [0.2, 0.25) is 0 Å². The van der Waals surface area contributed by atoms with Gasteiger partial charge in [-0.2, -0.15) is 0 Å². The van der Waals surface area contributed by atoms with E-state index in [-0.39, 0.29) is 38.8 Å². The Morgan fingerprint density at radius 2 is 0.900 bits per heavy atom. The van der Waals surface area contributed by atoms with Crippen molar-refractivity contribution in [3.05, 3.63) is 0 Å². The van der Waals surface area contributed by atoms with Crippen molar-refractivity contribution in [2.75, 3.05) is 55.4 Å². The van der Waals surface area contributed by atoms with Gasteiger partial charge in [0.1, 0.15) is 48.7 Å². The zero-order chi connectivity index (χ0) is 23.9. The second-order valence-electron chi connectivity index (χ2n) is 9.85. The second-order valence-corrected chi connectivity index (χ2v) is 9.85. The summed E-state index contributed by atoms with van der Waals surface area (Å²) in [5.74, 6) is -7.14. The number of rotatable bonds is 15. The van der Waals surface area contributed by atoms with Gasteiger partial charge in [0.05, 0.1) is 42.3 Å². The Kier molecular flexibility index (Phi) is 10.8. The van der Waals surface area contributed by atoms with Crippen molar-refractivity contribution in [2.45, 2.75) is 37.9 Å². The molecule has 0 heterocycles. The maximum absolute atomic E-state index is 12.3. The number of carbonyl (C=O) groups excluding carboxylic acids is 2. The van der Waals surface area contributed by atoms with Crippen molar-refractivity contribution in [3.63, 3.8) is 0 Å². The molecule has 0 aliphatic rings. The molecule has 0 aliphatic heterocycles. The van der Waals surface area contributed by atoms with E-state index in [0.717, 1.165) is 0 Å². The summed E-state index contributed by atoms with van der Waals surface area (Å²) in [6, 6.07) is 0. The number of quaternary nitrogens is 2. The molecule has 4 atom stereocenters. The first-order chi connectivity index (χ1) is 13.5. The Labute approximate surface area is 177 Å². The summed E-state index contributed by atoms with van der Waals surface area (Å²) in [5.41, 5.74) is 0. The first-order valence-corrected chi connectivity index (χ1v) is 9.94. The van der Waals surface area contributed by atoms with Gasteiger partial charge in [0, 0.05) is 12.8 Å². The van der Waals surface area contributed by atoms with E-state index in [2.05, 4.69) is 0 Å². The van der Waals surface area contributed by atoms with Gasteiger partial charge in [0.25, 0.3) is 0 Å². The maximum atomic E-state index is 12.3. The van der Waals surface area contributed by atoms with Crippen LogP contribution in [0.1, 0.15) is 25.7 Å². The fraction of sp³-hybridized carbons (Fsp3) is 0.800. The van der Waals surface area contributed by atoms with E-state index in [1.807, 2.05) is 0 Å². The summed E-state index contributed by atoms with van der Waals surface area (Å²) < 4.78 is 0.581. The molecule has 0 fully saturated rings. The van der Waals surface area contributed by atoms with Crippen LogP contribution in [0.4, 0.5) is 0 Å². The lowest BCUT2D eigenvalue weighted by Crippen LogP contribution is -2.48. The number of carbonyl (C=O) groups is 4. The average Bonchev–Trinajstić information content (AvgIpc) is 2.47. The number of carboxylic acids is 2. The molecular formula is C20H38N2O8+2. The fourth-order valence-corrected chi connectivity index (χ4v) is 3.28. The van der Waals surface area contributed by atoms with E-state index in [1.54, 1.807) is 42.3 Å². The van der Waals surface area contributed by atoms with Crippen LogP contribution in [0, 0.1) is 11.8 Å². The molecule has 0 radical (unpaired) electrons. The molecule has 0 aromatic carbocycles. The highest BCUT2D eigenvalue weighted by Crippen LogP contribution is 2.17. The Hall–Kier alpha value is -1.88. The van der Waals surface area contributed by atoms with Crippen LogP contribution in [0.15, 0.2) is 0 Å². The molecule has 4 unspecified atom stereocenters. The number of Topliss-reactive ketones (excluding diaryl/α,β-unsaturated/α-hetero) is 2. The second kappa shape index (κ2) is 11.5. The standard InChI is InChI=1S/C20H36N2O8/c1-21(2,3)11-15(25)17(19(27)28)13(23)9-7-8-10-14(24)18(20(29)30)16(26)12-22(4,5)6/h15-18,25-26H,7-12H2,1-6H3/p+2. The number of aliphatic hydroxyl groups excluding tert-OH is 2. The molecule has 0 aromatic rings. The largest absolute Gasteiger partial charge is 0.481 e. The van der Waals surface area contributed by atoms with Crippen molar-refractivity contribution in [2.24, 2.45) is 11.8 Å².